The van der Waals surface area contributed by atoms with Gasteiger partial charge in [0.15, 0.2) is 0 Å². The van der Waals surface area contributed by atoms with E-state index in [0.717, 1.165) is 19.3 Å². The summed E-state index contributed by atoms with van der Waals surface area (Å²) in [7, 11) is 0. The third kappa shape index (κ3) is 5.85. The zero-order valence-corrected chi connectivity index (χ0v) is 11.7. The van der Waals surface area contributed by atoms with E-state index in [1.165, 1.54) is 12.1 Å². The average Bonchev–Trinajstić information content (AvgIpc) is 2.42. The lowest BCUT2D eigenvalue weighted by molar-refractivity contribution is -0.116. The first-order valence-electron chi connectivity index (χ1n) is 6.86. The highest BCUT2D eigenvalue weighted by atomic mass is 19.1. The van der Waals surface area contributed by atoms with Crippen LogP contribution in [0.2, 0.25) is 0 Å². The number of nitrogens with one attached hydrogen (secondary N) is 1. The van der Waals surface area contributed by atoms with Crippen LogP contribution in [0.25, 0.3) is 0 Å². The van der Waals surface area contributed by atoms with Gasteiger partial charge in [0.1, 0.15) is 5.82 Å². The van der Waals surface area contributed by atoms with Crippen molar-refractivity contribution in [2.45, 2.75) is 39.0 Å². The largest absolute Gasteiger partial charge is 0.395 e. The molecule has 0 aliphatic heterocycles. The molecule has 0 saturated carbocycles. The standard InChI is InChI=1S/C16H20FNO2/c1-2-3-4-8-16(20)18-14-10-9-13(15(17)12-14)7-5-6-11-19/h9-10,12,19H,2-4,6,8,11H2,1H3,(H,18,20). The summed E-state index contributed by atoms with van der Waals surface area (Å²) in [6.45, 7) is 2.03. The fraction of sp³-hybridized carbons (Fsp3) is 0.438. The van der Waals surface area contributed by atoms with Crippen molar-refractivity contribution in [3.63, 3.8) is 0 Å². The van der Waals surface area contributed by atoms with Crippen LogP contribution in [0.3, 0.4) is 0 Å². The molecule has 3 nitrogen and oxygen atoms in total. The van der Waals surface area contributed by atoms with Crippen LogP contribution in [0, 0.1) is 17.7 Å². The van der Waals surface area contributed by atoms with Crippen molar-refractivity contribution in [2.75, 3.05) is 11.9 Å². The van der Waals surface area contributed by atoms with Crippen molar-refractivity contribution >= 4 is 11.6 Å². The van der Waals surface area contributed by atoms with Crippen LogP contribution in [0.1, 0.15) is 44.6 Å². The van der Waals surface area contributed by atoms with Gasteiger partial charge in [-0.3, -0.25) is 4.79 Å². The second kappa shape index (κ2) is 9.11. The summed E-state index contributed by atoms with van der Waals surface area (Å²) in [6, 6.07) is 4.42. The number of aliphatic hydroxyl groups excluding tert-OH is 1. The van der Waals surface area contributed by atoms with E-state index in [0.29, 0.717) is 18.5 Å². The number of anilines is 1. The molecule has 0 aliphatic rings. The quantitative estimate of drug-likeness (QED) is 0.620. The Morgan fingerprint density at radius 2 is 2.20 bits per heavy atom. The zero-order valence-electron chi connectivity index (χ0n) is 11.7. The summed E-state index contributed by atoms with van der Waals surface area (Å²) >= 11 is 0. The Labute approximate surface area is 119 Å². The molecule has 1 rings (SSSR count). The Kier molecular flexibility index (Phi) is 7.38. The van der Waals surface area contributed by atoms with Crippen molar-refractivity contribution in [1.82, 2.24) is 0 Å². The average molecular weight is 277 g/mol. The molecule has 2 N–H and O–H groups in total. The molecule has 0 fully saturated rings. The minimum absolute atomic E-state index is 0.0412. The lowest BCUT2D eigenvalue weighted by Crippen LogP contribution is -2.11. The fourth-order valence-electron chi connectivity index (χ4n) is 1.67. The van der Waals surface area contributed by atoms with Crippen LogP contribution in [0.15, 0.2) is 18.2 Å². The van der Waals surface area contributed by atoms with Gasteiger partial charge >= 0.3 is 0 Å². The van der Waals surface area contributed by atoms with Gasteiger partial charge in [0.25, 0.3) is 0 Å². The number of hydrogen-bond acceptors (Lipinski definition) is 2. The molecule has 0 heterocycles. The molecule has 0 spiro atoms. The summed E-state index contributed by atoms with van der Waals surface area (Å²) in [4.78, 5) is 11.6. The molecule has 1 aromatic rings. The van der Waals surface area contributed by atoms with E-state index >= 15 is 0 Å². The third-order valence-electron chi connectivity index (χ3n) is 2.72. The molecular formula is C16H20FNO2. The number of rotatable bonds is 6. The summed E-state index contributed by atoms with van der Waals surface area (Å²) in [5.41, 5.74) is 0.708. The van der Waals surface area contributed by atoms with E-state index in [2.05, 4.69) is 24.1 Å². The molecule has 0 aliphatic carbocycles. The van der Waals surface area contributed by atoms with Crippen LogP contribution in [-0.4, -0.2) is 17.6 Å². The highest BCUT2D eigenvalue weighted by Gasteiger charge is 2.05. The molecule has 0 unspecified atom stereocenters. The van der Waals surface area contributed by atoms with E-state index in [4.69, 9.17) is 5.11 Å². The van der Waals surface area contributed by atoms with Gasteiger partial charge in [-0.2, -0.15) is 0 Å². The number of carbonyl (C=O) groups excluding carboxylic acids is 1. The van der Waals surface area contributed by atoms with Crippen LogP contribution in [-0.2, 0) is 4.79 Å². The zero-order chi connectivity index (χ0) is 14.8. The fourth-order valence-corrected chi connectivity index (χ4v) is 1.67. The van der Waals surface area contributed by atoms with Crippen LogP contribution in [0.5, 0.6) is 0 Å². The Hall–Kier alpha value is -1.86. The second-order valence-electron chi connectivity index (χ2n) is 4.48. The maximum atomic E-state index is 13.7. The van der Waals surface area contributed by atoms with Gasteiger partial charge in [-0.25, -0.2) is 4.39 Å². The Bertz CT molecular complexity index is 503. The van der Waals surface area contributed by atoms with E-state index in [1.54, 1.807) is 6.07 Å². The third-order valence-corrected chi connectivity index (χ3v) is 2.72. The van der Waals surface area contributed by atoms with Crippen molar-refractivity contribution in [3.05, 3.63) is 29.6 Å². The van der Waals surface area contributed by atoms with Crippen molar-refractivity contribution in [3.8, 4) is 11.8 Å². The molecule has 20 heavy (non-hydrogen) atoms. The molecular weight excluding hydrogens is 257 g/mol. The molecule has 1 aromatic carbocycles. The van der Waals surface area contributed by atoms with Gasteiger partial charge in [0.2, 0.25) is 5.91 Å². The molecule has 0 bridgehead atoms. The van der Waals surface area contributed by atoms with Crippen molar-refractivity contribution in [1.29, 1.82) is 0 Å². The topological polar surface area (TPSA) is 49.3 Å². The molecule has 0 aromatic heterocycles. The Morgan fingerprint density at radius 1 is 1.40 bits per heavy atom. The first-order valence-corrected chi connectivity index (χ1v) is 6.86. The number of carbonyl (C=O) groups is 1. The Morgan fingerprint density at radius 3 is 2.85 bits per heavy atom. The van der Waals surface area contributed by atoms with Gasteiger partial charge in [0.05, 0.1) is 12.2 Å². The second-order valence-corrected chi connectivity index (χ2v) is 4.48. The summed E-state index contributed by atoms with van der Waals surface area (Å²) in [6.07, 6.45) is 3.68. The van der Waals surface area contributed by atoms with E-state index in [1.807, 2.05) is 0 Å². The Balaban J connectivity index is 2.59. The van der Waals surface area contributed by atoms with Crippen molar-refractivity contribution < 1.29 is 14.3 Å². The van der Waals surface area contributed by atoms with Gasteiger partial charge in [-0.1, -0.05) is 31.6 Å². The predicted molar refractivity (Wildman–Crippen MR) is 77.8 cm³/mol. The smallest absolute Gasteiger partial charge is 0.224 e. The molecule has 1 amide bonds. The molecule has 0 atom stereocenters. The molecule has 0 radical (unpaired) electrons. The summed E-state index contributed by atoms with van der Waals surface area (Å²) < 4.78 is 13.7. The first kappa shape index (κ1) is 16.2. The highest BCUT2D eigenvalue weighted by molar-refractivity contribution is 5.90. The number of halogens is 1. The minimum atomic E-state index is -0.471. The van der Waals surface area contributed by atoms with Crippen molar-refractivity contribution in [2.24, 2.45) is 0 Å². The maximum Gasteiger partial charge on any atom is 0.224 e. The minimum Gasteiger partial charge on any atom is -0.395 e. The number of unbranched alkanes of at least 4 members (excludes halogenated alkanes) is 2. The van der Waals surface area contributed by atoms with E-state index in [-0.39, 0.29) is 18.1 Å². The number of benzene rings is 1. The van der Waals surface area contributed by atoms with Gasteiger partial charge < -0.3 is 10.4 Å². The SMILES string of the molecule is CCCCCC(=O)Nc1ccc(C#CCCO)c(F)c1. The lowest BCUT2D eigenvalue weighted by Gasteiger charge is -2.05. The van der Waals surface area contributed by atoms with Gasteiger partial charge in [-0.05, 0) is 24.6 Å². The molecule has 4 heteroatoms. The summed E-state index contributed by atoms with van der Waals surface area (Å²) in [5, 5.41) is 11.3. The first-order chi connectivity index (χ1) is 9.67. The van der Waals surface area contributed by atoms with Crippen LogP contribution < -0.4 is 5.32 Å². The maximum absolute atomic E-state index is 13.7. The van der Waals surface area contributed by atoms with Gasteiger partial charge in [-0.15, -0.1) is 0 Å². The molecule has 0 saturated heterocycles. The van der Waals surface area contributed by atoms with Crippen LogP contribution in [0.4, 0.5) is 10.1 Å². The summed E-state index contributed by atoms with van der Waals surface area (Å²) in [5.74, 6) is 4.73. The van der Waals surface area contributed by atoms with E-state index < -0.39 is 5.82 Å². The number of amides is 1. The van der Waals surface area contributed by atoms with Crippen LogP contribution >= 0.6 is 0 Å². The number of aliphatic hydroxyl groups is 1. The molecule has 108 valence electrons. The highest BCUT2D eigenvalue weighted by Crippen LogP contribution is 2.14. The predicted octanol–water partition coefficient (Wildman–Crippen LogP) is 3.08. The monoisotopic (exact) mass is 277 g/mol. The number of hydrogen-bond donors (Lipinski definition) is 2. The van der Waals surface area contributed by atoms with E-state index in [9.17, 15) is 9.18 Å². The van der Waals surface area contributed by atoms with Gasteiger partial charge in [0, 0.05) is 18.5 Å². The normalized spacial score (nSPS) is 9.75. The lowest BCUT2D eigenvalue weighted by atomic mass is 10.1.